The fraction of sp³-hybridized carbons (Fsp3) is 0. The molecule has 4 heteroatoms. The van der Waals surface area contributed by atoms with Crippen LogP contribution in [0, 0.1) is 0 Å². The summed E-state index contributed by atoms with van der Waals surface area (Å²) in [6.07, 6.45) is 0.0567. The molecule has 0 rings (SSSR count). The molecule has 0 bridgehead atoms. The second-order valence-electron chi connectivity index (χ2n) is 0.0609. The van der Waals surface area contributed by atoms with Crippen molar-refractivity contribution in [1.29, 1.82) is 0 Å². The molecule has 0 N–H and O–H groups in total. The van der Waals surface area contributed by atoms with Gasteiger partial charge >= 0.3 is 27.8 Å². The van der Waals surface area contributed by atoms with E-state index in [4.69, 9.17) is 4.57 Å². The number of hydrogen-bond acceptors (Lipinski definition) is 1. The third-order valence-corrected chi connectivity index (χ3v) is 0. The Labute approximate surface area is 40.6 Å². The Balaban J connectivity index is 0. The van der Waals surface area contributed by atoms with Crippen LogP contribution in [-0.2, 0) is 21.7 Å². The molecule has 0 radical (unpaired) electrons. The minimum absolute atomic E-state index is 0. The Kier molecular flexibility index (Phi) is 19.9. The van der Waals surface area contributed by atoms with E-state index in [2.05, 4.69) is 17.1 Å². The predicted molar refractivity (Wildman–Crippen MR) is 14.9 cm³/mol. The molecule has 0 atom stereocenters. The van der Waals surface area contributed by atoms with Gasteiger partial charge in [-0.1, -0.05) is 0 Å². The monoisotopic (exact) mass is 186 g/mol. The zero-order valence-electron chi connectivity index (χ0n) is 1.60. The SMILES string of the molecule is Cl.O=[P]#[Rh]. The van der Waals surface area contributed by atoms with E-state index < -0.39 is 0 Å². The first-order chi connectivity index (χ1) is 1.41. The number of halogens is 1. The molecule has 0 saturated carbocycles. The van der Waals surface area contributed by atoms with Crippen LogP contribution >= 0.6 is 18.5 Å². The Hall–Kier alpha value is 1.14. The quantitative estimate of drug-likeness (QED) is 0.410. The Bertz CT molecular complexity index is 54.2. The molecule has 0 aromatic carbocycles. The summed E-state index contributed by atoms with van der Waals surface area (Å²) in [4.78, 5) is 0. The van der Waals surface area contributed by atoms with Gasteiger partial charge in [-0.25, -0.2) is 0 Å². The zero-order valence-corrected chi connectivity index (χ0v) is 4.95. The molecular weight excluding hydrogens is 185 g/mol. The summed E-state index contributed by atoms with van der Waals surface area (Å²) < 4.78 is 8.85. The van der Waals surface area contributed by atoms with E-state index in [-0.39, 0.29) is 18.5 Å². The normalized spacial score (nSPS) is 3.25. The molecule has 0 heterocycles. The maximum absolute atomic E-state index is 8.85. The summed E-state index contributed by atoms with van der Waals surface area (Å²) in [5.74, 6) is 0. The van der Waals surface area contributed by atoms with Gasteiger partial charge < -0.3 is 0 Å². The third kappa shape index (κ3) is 11.0. The van der Waals surface area contributed by atoms with E-state index in [0.717, 1.165) is 0 Å². The van der Waals surface area contributed by atoms with Crippen molar-refractivity contribution in [3.05, 3.63) is 0 Å². The van der Waals surface area contributed by atoms with Crippen molar-refractivity contribution < 1.29 is 21.7 Å². The van der Waals surface area contributed by atoms with Crippen molar-refractivity contribution in [1.82, 2.24) is 0 Å². The van der Waals surface area contributed by atoms with Gasteiger partial charge in [0.15, 0.2) is 0 Å². The summed E-state index contributed by atoms with van der Waals surface area (Å²) >= 11 is 2.14. The van der Waals surface area contributed by atoms with Crippen LogP contribution in [0.25, 0.3) is 0 Å². The van der Waals surface area contributed by atoms with Crippen LogP contribution in [0.5, 0.6) is 0 Å². The first kappa shape index (κ1) is 8.94. The van der Waals surface area contributed by atoms with Crippen molar-refractivity contribution in [2.24, 2.45) is 0 Å². The van der Waals surface area contributed by atoms with Gasteiger partial charge in [-0.3, -0.25) is 0 Å². The van der Waals surface area contributed by atoms with Crippen molar-refractivity contribution >= 4 is 18.5 Å². The average Bonchev–Trinajstić information content (AvgIpc) is 0.918. The maximum atomic E-state index is 8.85. The van der Waals surface area contributed by atoms with Crippen molar-refractivity contribution in [3.63, 3.8) is 0 Å². The Morgan fingerprint density at radius 3 is 1.75 bits per heavy atom. The van der Waals surface area contributed by atoms with E-state index in [0.29, 0.717) is 0 Å². The van der Waals surface area contributed by atoms with Crippen LogP contribution in [0.15, 0.2) is 0 Å². The summed E-state index contributed by atoms with van der Waals surface area (Å²) in [6.45, 7) is 0. The van der Waals surface area contributed by atoms with E-state index in [1.165, 1.54) is 0 Å². The summed E-state index contributed by atoms with van der Waals surface area (Å²) in [5.41, 5.74) is 0. The van der Waals surface area contributed by atoms with Gasteiger partial charge in [0.05, 0.1) is 0 Å². The summed E-state index contributed by atoms with van der Waals surface area (Å²) in [6, 6.07) is 0. The molecule has 0 spiro atoms. The van der Waals surface area contributed by atoms with Crippen LogP contribution in [-0.4, -0.2) is 0 Å². The number of hydrogen-bond donors (Lipinski definition) is 0. The molecule has 0 amide bonds. The van der Waals surface area contributed by atoms with Gasteiger partial charge in [0.2, 0.25) is 0 Å². The first-order valence-electron chi connectivity index (χ1n) is 0.332. The zero-order chi connectivity index (χ0) is 2.71. The molecule has 0 fully saturated rings. The van der Waals surface area contributed by atoms with E-state index in [9.17, 15) is 0 Å². The Morgan fingerprint density at radius 2 is 1.75 bits per heavy atom. The van der Waals surface area contributed by atoms with Gasteiger partial charge in [-0.2, -0.15) is 0 Å². The van der Waals surface area contributed by atoms with Crippen LogP contribution in [0.1, 0.15) is 0 Å². The molecule has 0 unspecified atom stereocenters. The van der Waals surface area contributed by atoms with Gasteiger partial charge in [-0.05, 0) is 0 Å². The molecule has 0 aliphatic rings. The van der Waals surface area contributed by atoms with Crippen LogP contribution in [0.2, 0.25) is 0 Å². The molecular formula is HClOPRh. The predicted octanol–water partition coefficient (Wildman–Crippen LogP) is 1.16. The first-order valence-corrected chi connectivity index (χ1v) is 3.19. The second kappa shape index (κ2) is 8.91. The molecule has 1 nitrogen and oxygen atoms in total. The molecule has 0 aliphatic carbocycles. The molecule has 0 aromatic heterocycles. The molecule has 0 aromatic rings. The van der Waals surface area contributed by atoms with Crippen molar-refractivity contribution in [2.45, 2.75) is 0 Å². The minimum atomic E-state index is 0. The van der Waals surface area contributed by atoms with E-state index >= 15 is 0 Å². The van der Waals surface area contributed by atoms with Crippen molar-refractivity contribution in [3.8, 4) is 0 Å². The van der Waals surface area contributed by atoms with Gasteiger partial charge in [-0.15, -0.1) is 12.4 Å². The Morgan fingerprint density at radius 1 is 1.75 bits per heavy atom. The number of rotatable bonds is 0. The van der Waals surface area contributed by atoms with Crippen LogP contribution in [0.4, 0.5) is 0 Å². The molecule has 0 aliphatic heterocycles. The molecule has 28 valence electrons. The topological polar surface area (TPSA) is 17.1 Å². The molecule has 4 heavy (non-hydrogen) atoms. The summed E-state index contributed by atoms with van der Waals surface area (Å²) in [5, 5.41) is 0. The fourth-order valence-corrected chi connectivity index (χ4v) is 0. The molecule has 0 saturated heterocycles. The van der Waals surface area contributed by atoms with E-state index in [1.54, 1.807) is 0 Å². The third-order valence-electron chi connectivity index (χ3n) is 0. The second-order valence-corrected chi connectivity index (χ2v) is 1.08. The standard InChI is InChI=1S/ClH.OP.Rh/c;1-2;/h1H;;/q;-1;+1. The van der Waals surface area contributed by atoms with Crippen LogP contribution in [0.3, 0.4) is 0 Å². The fourth-order valence-electron chi connectivity index (χ4n) is 0. The summed E-state index contributed by atoms with van der Waals surface area (Å²) in [7, 11) is 0. The van der Waals surface area contributed by atoms with Crippen LogP contribution < -0.4 is 0 Å². The van der Waals surface area contributed by atoms with Gasteiger partial charge in [0.25, 0.3) is 0 Å². The van der Waals surface area contributed by atoms with Crippen molar-refractivity contribution in [2.75, 3.05) is 0 Å². The van der Waals surface area contributed by atoms with E-state index in [1.807, 2.05) is 0 Å². The average molecular weight is 186 g/mol. The van der Waals surface area contributed by atoms with Gasteiger partial charge in [0, 0.05) is 0 Å². The van der Waals surface area contributed by atoms with Gasteiger partial charge in [0.1, 0.15) is 0 Å².